The maximum absolute atomic E-state index is 13.5. The summed E-state index contributed by atoms with van der Waals surface area (Å²) in [4.78, 5) is 40.9. The van der Waals surface area contributed by atoms with Crippen LogP contribution in [-0.4, -0.2) is 61.2 Å². The van der Waals surface area contributed by atoms with E-state index in [1.165, 1.54) is 33.9 Å². The molecule has 0 spiro atoms. The van der Waals surface area contributed by atoms with Crippen LogP contribution in [0.2, 0.25) is 0 Å². The molecular weight excluding hydrogens is 881 g/mol. The first-order valence-electron chi connectivity index (χ1n) is 25.9. The van der Waals surface area contributed by atoms with E-state index in [0.717, 1.165) is 54.8 Å². The second-order valence-corrected chi connectivity index (χ2v) is 20.1. The minimum absolute atomic E-state index is 0.0313. The molecule has 0 radical (unpaired) electrons. The summed E-state index contributed by atoms with van der Waals surface area (Å²) in [6, 6.07) is 45.8. The number of ether oxygens (including phenoxy) is 3. The molecule has 0 saturated heterocycles. The lowest BCUT2D eigenvalue weighted by atomic mass is 9.80. The number of para-hydroxylation sites is 2. The fourth-order valence-corrected chi connectivity index (χ4v) is 10.7. The molecule has 8 nitrogen and oxygen atoms in total. The third-order valence-electron chi connectivity index (χ3n) is 14.7. The Morgan fingerprint density at radius 1 is 0.648 bits per heavy atom. The number of unbranched alkanes of at least 4 members (excludes halogenated alkanes) is 2. The standard InChI is InChI=1S/C63H75N2O6/c1-8-51(66)40-43-60(68)70-45-47(46-71-63(48-26-13-10-14-27-48,49-28-15-11-16-29-49)50-38-41-53(69-7)42-39-50)25-23-31-52(67)30-17-12-22-44-65-57-35-21-19-33-55(57)62(5,6)59(65)37-24-36-58-61(3,4)54-32-18-20-34-56(54)64(58)9-2/h10-11,13-16,18-21,24,26-29,32-39,41-42,47H,8-9,12,17,22-23,25,30-31,40,43-46H2,1-7H3/q+1. The highest BCUT2D eigenvalue weighted by Crippen LogP contribution is 2.48. The average Bonchev–Trinajstić information content (AvgIpc) is 3.75. The number of methoxy groups -OCH3 is 1. The van der Waals surface area contributed by atoms with Crippen LogP contribution in [0.3, 0.4) is 0 Å². The Balaban J connectivity index is 0.997. The van der Waals surface area contributed by atoms with Crippen molar-refractivity contribution >= 4 is 34.6 Å². The van der Waals surface area contributed by atoms with Crippen molar-refractivity contribution in [1.29, 1.82) is 0 Å². The average molecular weight is 956 g/mol. The van der Waals surface area contributed by atoms with Gasteiger partial charge in [-0.05, 0) is 93.0 Å². The lowest BCUT2D eigenvalue weighted by Crippen LogP contribution is -2.35. The zero-order valence-electron chi connectivity index (χ0n) is 43.3. The van der Waals surface area contributed by atoms with Crippen molar-refractivity contribution in [2.75, 3.05) is 38.3 Å². The summed E-state index contributed by atoms with van der Waals surface area (Å²) in [6.45, 7) is 15.5. The zero-order chi connectivity index (χ0) is 50.4. The van der Waals surface area contributed by atoms with Gasteiger partial charge in [-0.15, -0.1) is 0 Å². The third-order valence-corrected chi connectivity index (χ3v) is 14.7. The summed E-state index contributed by atoms with van der Waals surface area (Å²) >= 11 is 0. The molecule has 2 aliphatic rings. The molecule has 0 amide bonds. The number of rotatable bonds is 26. The predicted octanol–water partition coefficient (Wildman–Crippen LogP) is 13.6. The number of hydrogen-bond donors (Lipinski definition) is 0. The SMILES string of the molecule is CCC(=O)CCC(=O)OCC(CCCC(=O)CCCCC[N+]1=C(/C=C/C=C2/N(CC)c3ccccc3C2(C)C)C(C)(C)c2ccccc21)COC(c1ccccc1)(c1ccccc1)c1ccc(OC)cc1. The van der Waals surface area contributed by atoms with Crippen molar-refractivity contribution < 1.29 is 33.2 Å². The summed E-state index contributed by atoms with van der Waals surface area (Å²) < 4.78 is 21.0. The summed E-state index contributed by atoms with van der Waals surface area (Å²) in [5, 5.41) is 0. The lowest BCUT2D eigenvalue weighted by molar-refractivity contribution is -0.438. The van der Waals surface area contributed by atoms with Crippen LogP contribution in [-0.2, 0) is 40.3 Å². The molecule has 5 aromatic carbocycles. The van der Waals surface area contributed by atoms with Crippen molar-refractivity contribution in [3.63, 3.8) is 0 Å². The van der Waals surface area contributed by atoms with Crippen molar-refractivity contribution in [3.05, 3.63) is 185 Å². The van der Waals surface area contributed by atoms with E-state index in [0.29, 0.717) is 32.1 Å². The van der Waals surface area contributed by atoms with Gasteiger partial charge in [0.1, 0.15) is 29.5 Å². The van der Waals surface area contributed by atoms with Gasteiger partial charge in [0.05, 0.1) is 32.2 Å². The van der Waals surface area contributed by atoms with Crippen LogP contribution < -0.4 is 9.64 Å². The quantitative estimate of drug-likeness (QED) is 0.0236. The second kappa shape index (κ2) is 24.2. The number of carbonyl (C=O) groups is 3. The Bertz CT molecular complexity index is 2640. The van der Waals surface area contributed by atoms with Gasteiger partial charge < -0.3 is 19.1 Å². The van der Waals surface area contributed by atoms with Crippen molar-refractivity contribution in [1.82, 2.24) is 0 Å². The normalized spacial score (nSPS) is 15.8. The number of likely N-dealkylation sites (N-methyl/N-ethyl adjacent to an activating group) is 1. The van der Waals surface area contributed by atoms with Gasteiger partial charge in [-0.1, -0.05) is 136 Å². The van der Waals surface area contributed by atoms with Gasteiger partial charge >= 0.3 is 5.97 Å². The Hall–Kier alpha value is -6.38. The molecular formula is C63H75N2O6+. The van der Waals surface area contributed by atoms with Gasteiger partial charge in [0.15, 0.2) is 5.71 Å². The van der Waals surface area contributed by atoms with Crippen molar-refractivity contribution in [2.24, 2.45) is 5.92 Å². The highest BCUT2D eigenvalue weighted by molar-refractivity contribution is 6.03. The number of allylic oxidation sites excluding steroid dienone is 4. The van der Waals surface area contributed by atoms with Crippen LogP contribution in [0.1, 0.15) is 134 Å². The van der Waals surface area contributed by atoms with E-state index in [1.54, 1.807) is 14.0 Å². The van der Waals surface area contributed by atoms with Gasteiger partial charge in [0.2, 0.25) is 5.69 Å². The van der Waals surface area contributed by atoms with Crippen LogP contribution in [0.15, 0.2) is 157 Å². The zero-order valence-corrected chi connectivity index (χ0v) is 43.3. The van der Waals surface area contributed by atoms with Crippen LogP contribution in [0, 0.1) is 5.92 Å². The van der Waals surface area contributed by atoms with Crippen LogP contribution >= 0.6 is 0 Å². The molecule has 0 aromatic heterocycles. The van der Waals surface area contributed by atoms with E-state index in [2.05, 4.69) is 135 Å². The van der Waals surface area contributed by atoms with E-state index in [4.69, 9.17) is 14.2 Å². The lowest BCUT2D eigenvalue weighted by Gasteiger charge is -2.37. The summed E-state index contributed by atoms with van der Waals surface area (Å²) in [5.41, 5.74) is 9.46. The molecule has 0 fully saturated rings. The second-order valence-electron chi connectivity index (χ2n) is 20.1. The molecule has 7 rings (SSSR count). The molecule has 5 aromatic rings. The third kappa shape index (κ3) is 12.0. The minimum atomic E-state index is -0.990. The van der Waals surface area contributed by atoms with Crippen LogP contribution in [0.4, 0.5) is 11.4 Å². The number of Topliss-reactive ketones (excluding diaryl/α,β-unsaturated/α-hetero) is 2. The van der Waals surface area contributed by atoms with Gasteiger partial charge in [0.25, 0.3) is 0 Å². The molecule has 1 atom stereocenters. The number of ketones is 2. The van der Waals surface area contributed by atoms with Crippen LogP contribution in [0.5, 0.6) is 5.75 Å². The number of esters is 1. The molecule has 372 valence electrons. The largest absolute Gasteiger partial charge is 0.497 e. The highest BCUT2D eigenvalue weighted by Gasteiger charge is 2.44. The van der Waals surface area contributed by atoms with Gasteiger partial charge in [-0.25, -0.2) is 0 Å². The first kappa shape index (κ1) is 52.4. The number of fused-ring (bicyclic) bond motifs is 2. The number of benzene rings is 5. The molecule has 8 heteroatoms. The Morgan fingerprint density at radius 2 is 1.27 bits per heavy atom. The van der Waals surface area contributed by atoms with E-state index in [-0.39, 0.29) is 54.4 Å². The number of hydrogen-bond acceptors (Lipinski definition) is 7. The monoisotopic (exact) mass is 956 g/mol. The topological polar surface area (TPSA) is 85.2 Å². The van der Waals surface area contributed by atoms with E-state index < -0.39 is 11.6 Å². The molecule has 0 aliphatic carbocycles. The van der Waals surface area contributed by atoms with Crippen LogP contribution in [0.25, 0.3) is 0 Å². The number of carbonyl (C=O) groups excluding carboxylic acids is 3. The van der Waals surface area contributed by atoms with E-state index in [1.807, 2.05) is 60.7 Å². The minimum Gasteiger partial charge on any atom is -0.497 e. The summed E-state index contributed by atoms with van der Waals surface area (Å²) in [7, 11) is 1.65. The molecule has 0 N–H and O–H groups in total. The van der Waals surface area contributed by atoms with Gasteiger partial charge in [-0.3, -0.25) is 14.4 Å². The van der Waals surface area contributed by atoms with Crippen molar-refractivity contribution in [2.45, 2.75) is 122 Å². The van der Waals surface area contributed by atoms with Gasteiger partial charge in [0, 0.05) is 79.1 Å². The van der Waals surface area contributed by atoms with Crippen molar-refractivity contribution in [3.8, 4) is 5.75 Å². The fourth-order valence-electron chi connectivity index (χ4n) is 10.7. The molecule has 1 unspecified atom stereocenters. The smallest absolute Gasteiger partial charge is 0.306 e. The molecule has 2 aliphatic heterocycles. The summed E-state index contributed by atoms with van der Waals surface area (Å²) in [6.07, 6.45) is 12.5. The molecule has 0 bridgehead atoms. The first-order valence-corrected chi connectivity index (χ1v) is 25.9. The maximum Gasteiger partial charge on any atom is 0.306 e. The Labute approximate surface area is 423 Å². The number of anilines is 1. The highest BCUT2D eigenvalue weighted by atomic mass is 16.5. The van der Waals surface area contributed by atoms with E-state index >= 15 is 0 Å². The Kier molecular flexibility index (Phi) is 17.8. The fraction of sp³-hybridized carbons (Fsp3) is 0.397. The summed E-state index contributed by atoms with van der Waals surface area (Å²) in [5.74, 6) is 0.416. The molecule has 0 saturated carbocycles. The predicted molar refractivity (Wildman–Crippen MR) is 287 cm³/mol. The maximum atomic E-state index is 13.5. The molecule has 71 heavy (non-hydrogen) atoms. The van der Waals surface area contributed by atoms with E-state index in [9.17, 15) is 14.4 Å². The first-order chi connectivity index (χ1) is 34.3. The number of nitrogens with zero attached hydrogens (tertiary/aromatic N) is 2. The molecule has 2 heterocycles. The Morgan fingerprint density at radius 3 is 1.93 bits per heavy atom. The van der Waals surface area contributed by atoms with Gasteiger partial charge in [-0.2, -0.15) is 4.58 Å².